The standard InChI is InChI=1S/C14H19ClN2O2/c1-11(10-14(18)19)16-6-8-17(9-7-16)13-4-2-12(15)3-5-13/h2-5,11H,6-10H2,1H3,(H,18,19). The predicted molar refractivity (Wildman–Crippen MR) is 77.0 cm³/mol. The van der Waals surface area contributed by atoms with Crippen LogP contribution in [-0.4, -0.2) is 48.2 Å². The summed E-state index contributed by atoms with van der Waals surface area (Å²) in [5.74, 6) is -0.729. The molecule has 0 bridgehead atoms. The molecule has 1 saturated heterocycles. The average Bonchev–Trinajstić information content (AvgIpc) is 2.39. The van der Waals surface area contributed by atoms with Crippen molar-refractivity contribution in [2.75, 3.05) is 31.1 Å². The number of halogens is 1. The number of piperazine rings is 1. The fourth-order valence-electron chi connectivity index (χ4n) is 2.45. The van der Waals surface area contributed by atoms with Crippen LogP contribution in [0.5, 0.6) is 0 Å². The topological polar surface area (TPSA) is 43.8 Å². The van der Waals surface area contributed by atoms with Crippen molar-refractivity contribution in [1.82, 2.24) is 4.90 Å². The van der Waals surface area contributed by atoms with Gasteiger partial charge in [0.15, 0.2) is 0 Å². The first-order chi connectivity index (χ1) is 9.06. The van der Waals surface area contributed by atoms with Gasteiger partial charge in [-0.2, -0.15) is 0 Å². The highest BCUT2D eigenvalue weighted by molar-refractivity contribution is 6.30. The van der Waals surface area contributed by atoms with Crippen LogP contribution in [0.25, 0.3) is 0 Å². The van der Waals surface area contributed by atoms with Gasteiger partial charge >= 0.3 is 5.97 Å². The van der Waals surface area contributed by atoms with Crippen molar-refractivity contribution in [1.29, 1.82) is 0 Å². The Labute approximate surface area is 118 Å². The molecule has 0 aromatic heterocycles. The highest BCUT2D eigenvalue weighted by atomic mass is 35.5. The minimum Gasteiger partial charge on any atom is -0.481 e. The molecule has 0 amide bonds. The Morgan fingerprint density at radius 3 is 2.37 bits per heavy atom. The van der Waals surface area contributed by atoms with Gasteiger partial charge in [-0.15, -0.1) is 0 Å². The summed E-state index contributed by atoms with van der Waals surface area (Å²) in [6.45, 7) is 5.62. The Balaban J connectivity index is 1.88. The van der Waals surface area contributed by atoms with Crippen molar-refractivity contribution < 1.29 is 9.90 Å². The van der Waals surface area contributed by atoms with E-state index in [-0.39, 0.29) is 12.5 Å². The predicted octanol–water partition coefficient (Wildman–Crippen LogP) is 2.33. The fourth-order valence-corrected chi connectivity index (χ4v) is 2.58. The maximum Gasteiger partial charge on any atom is 0.304 e. The molecular weight excluding hydrogens is 264 g/mol. The Morgan fingerprint density at radius 1 is 1.26 bits per heavy atom. The lowest BCUT2D eigenvalue weighted by atomic mass is 10.1. The largest absolute Gasteiger partial charge is 0.481 e. The van der Waals surface area contributed by atoms with Gasteiger partial charge in [0.1, 0.15) is 0 Å². The normalized spacial score (nSPS) is 18.3. The minimum absolute atomic E-state index is 0.102. The zero-order chi connectivity index (χ0) is 13.8. The molecule has 1 aliphatic heterocycles. The second-order valence-electron chi connectivity index (χ2n) is 4.95. The molecule has 5 heteroatoms. The summed E-state index contributed by atoms with van der Waals surface area (Å²) >= 11 is 5.88. The molecule has 4 nitrogen and oxygen atoms in total. The number of hydrogen-bond donors (Lipinski definition) is 1. The van der Waals surface area contributed by atoms with Crippen LogP contribution in [0.4, 0.5) is 5.69 Å². The fraction of sp³-hybridized carbons (Fsp3) is 0.500. The van der Waals surface area contributed by atoms with Gasteiger partial charge in [0.2, 0.25) is 0 Å². The zero-order valence-corrected chi connectivity index (χ0v) is 11.8. The number of aliphatic carboxylic acids is 1. The molecule has 1 unspecified atom stereocenters. The van der Waals surface area contributed by atoms with Crippen LogP contribution >= 0.6 is 11.6 Å². The number of benzene rings is 1. The van der Waals surface area contributed by atoms with Gasteiger partial charge in [0, 0.05) is 42.9 Å². The number of anilines is 1. The lowest BCUT2D eigenvalue weighted by Crippen LogP contribution is -2.50. The summed E-state index contributed by atoms with van der Waals surface area (Å²) in [4.78, 5) is 15.3. The molecule has 104 valence electrons. The van der Waals surface area contributed by atoms with Crippen molar-refractivity contribution in [2.45, 2.75) is 19.4 Å². The number of carboxylic acids is 1. The summed E-state index contributed by atoms with van der Waals surface area (Å²) in [6.07, 6.45) is 0.209. The van der Waals surface area contributed by atoms with Crippen LogP contribution in [0.1, 0.15) is 13.3 Å². The third-order valence-corrected chi connectivity index (χ3v) is 3.85. The van der Waals surface area contributed by atoms with E-state index in [1.54, 1.807) is 0 Å². The van der Waals surface area contributed by atoms with Crippen molar-refractivity contribution in [3.8, 4) is 0 Å². The van der Waals surface area contributed by atoms with E-state index in [1.807, 2.05) is 31.2 Å². The van der Waals surface area contributed by atoms with Gasteiger partial charge in [0.05, 0.1) is 6.42 Å². The van der Waals surface area contributed by atoms with Gasteiger partial charge in [-0.3, -0.25) is 9.69 Å². The van der Waals surface area contributed by atoms with Crippen LogP contribution in [0, 0.1) is 0 Å². The molecule has 1 heterocycles. The molecule has 0 radical (unpaired) electrons. The van der Waals surface area contributed by atoms with Gasteiger partial charge in [-0.25, -0.2) is 0 Å². The molecule has 19 heavy (non-hydrogen) atoms. The van der Waals surface area contributed by atoms with Gasteiger partial charge in [0.25, 0.3) is 0 Å². The molecular formula is C14H19ClN2O2. The highest BCUT2D eigenvalue weighted by Crippen LogP contribution is 2.20. The van der Waals surface area contributed by atoms with Crippen LogP contribution in [0.3, 0.4) is 0 Å². The van der Waals surface area contributed by atoms with E-state index in [0.29, 0.717) is 0 Å². The number of carbonyl (C=O) groups is 1. The van der Waals surface area contributed by atoms with E-state index in [2.05, 4.69) is 9.80 Å². The van der Waals surface area contributed by atoms with E-state index >= 15 is 0 Å². The van der Waals surface area contributed by atoms with Crippen molar-refractivity contribution >= 4 is 23.3 Å². The summed E-state index contributed by atoms with van der Waals surface area (Å²) < 4.78 is 0. The summed E-state index contributed by atoms with van der Waals surface area (Å²) in [6, 6.07) is 7.95. The molecule has 0 aliphatic carbocycles. The summed E-state index contributed by atoms with van der Waals surface area (Å²) in [5.41, 5.74) is 1.18. The monoisotopic (exact) mass is 282 g/mol. The molecule has 1 atom stereocenters. The molecule has 0 spiro atoms. The Kier molecular flexibility index (Phi) is 4.66. The number of nitrogens with zero attached hydrogens (tertiary/aromatic N) is 2. The number of hydrogen-bond acceptors (Lipinski definition) is 3. The molecule has 1 fully saturated rings. The third kappa shape index (κ3) is 3.85. The first-order valence-corrected chi connectivity index (χ1v) is 6.90. The molecule has 0 saturated carbocycles. The smallest absolute Gasteiger partial charge is 0.304 e. The second-order valence-corrected chi connectivity index (χ2v) is 5.38. The highest BCUT2D eigenvalue weighted by Gasteiger charge is 2.22. The van der Waals surface area contributed by atoms with Crippen LogP contribution < -0.4 is 4.90 Å². The van der Waals surface area contributed by atoms with Crippen LogP contribution in [0.2, 0.25) is 5.02 Å². The Morgan fingerprint density at radius 2 is 1.84 bits per heavy atom. The quantitative estimate of drug-likeness (QED) is 0.920. The molecule has 1 aliphatic rings. The summed E-state index contributed by atoms with van der Waals surface area (Å²) in [5, 5.41) is 9.57. The van der Waals surface area contributed by atoms with Crippen molar-refractivity contribution in [3.05, 3.63) is 29.3 Å². The van der Waals surface area contributed by atoms with E-state index in [1.165, 1.54) is 5.69 Å². The minimum atomic E-state index is -0.729. The first kappa shape index (κ1) is 14.2. The second kappa shape index (κ2) is 6.26. The Bertz CT molecular complexity index is 428. The molecule has 2 rings (SSSR count). The zero-order valence-electron chi connectivity index (χ0n) is 11.1. The SMILES string of the molecule is CC(CC(=O)O)N1CCN(c2ccc(Cl)cc2)CC1. The average molecular weight is 283 g/mol. The van der Waals surface area contributed by atoms with Gasteiger partial charge in [-0.05, 0) is 31.2 Å². The lowest BCUT2D eigenvalue weighted by molar-refractivity contribution is -0.138. The molecule has 1 aromatic carbocycles. The van der Waals surface area contributed by atoms with E-state index in [4.69, 9.17) is 16.7 Å². The van der Waals surface area contributed by atoms with Gasteiger partial charge < -0.3 is 10.0 Å². The lowest BCUT2D eigenvalue weighted by Gasteiger charge is -2.38. The number of carboxylic acid groups (broad SMARTS) is 1. The van der Waals surface area contributed by atoms with Crippen LogP contribution in [-0.2, 0) is 4.79 Å². The first-order valence-electron chi connectivity index (χ1n) is 6.52. The van der Waals surface area contributed by atoms with E-state index in [9.17, 15) is 4.79 Å². The molecule has 1 aromatic rings. The number of rotatable bonds is 4. The Hall–Kier alpha value is -1.26. The van der Waals surface area contributed by atoms with Gasteiger partial charge in [-0.1, -0.05) is 11.6 Å². The van der Waals surface area contributed by atoms with Crippen LogP contribution in [0.15, 0.2) is 24.3 Å². The summed E-state index contributed by atoms with van der Waals surface area (Å²) in [7, 11) is 0. The van der Waals surface area contributed by atoms with Crippen molar-refractivity contribution in [3.63, 3.8) is 0 Å². The van der Waals surface area contributed by atoms with Crippen molar-refractivity contribution in [2.24, 2.45) is 0 Å². The third-order valence-electron chi connectivity index (χ3n) is 3.60. The molecule has 1 N–H and O–H groups in total. The van der Waals surface area contributed by atoms with E-state index < -0.39 is 5.97 Å². The maximum absolute atomic E-state index is 10.7. The van der Waals surface area contributed by atoms with E-state index in [0.717, 1.165) is 31.2 Å². The maximum atomic E-state index is 10.7.